The molecule has 0 aliphatic carbocycles. The average molecular weight is 247 g/mol. The van der Waals surface area contributed by atoms with Crippen molar-refractivity contribution < 1.29 is 9.84 Å². The lowest BCUT2D eigenvalue weighted by atomic mass is 9.92. The van der Waals surface area contributed by atoms with Gasteiger partial charge in [-0.2, -0.15) is 0 Å². The largest absolute Gasteiger partial charge is 0.388 e. The van der Waals surface area contributed by atoms with E-state index in [9.17, 15) is 5.11 Å². The number of ether oxygens (including phenoxy) is 1. The SMILES string of the molecule is OC1(CN2CCc3ccccc3C2)CCOCC1. The zero-order chi connectivity index (χ0) is 12.4. The summed E-state index contributed by atoms with van der Waals surface area (Å²) in [5.41, 5.74) is 2.34. The van der Waals surface area contributed by atoms with Gasteiger partial charge in [-0.3, -0.25) is 4.90 Å². The molecule has 2 heterocycles. The maximum Gasteiger partial charge on any atom is 0.0818 e. The number of aliphatic hydroxyl groups is 1. The highest BCUT2D eigenvalue weighted by Crippen LogP contribution is 2.25. The molecule has 0 unspecified atom stereocenters. The van der Waals surface area contributed by atoms with Crippen molar-refractivity contribution in [1.82, 2.24) is 4.90 Å². The molecular weight excluding hydrogens is 226 g/mol. The third-order valence-electron chi connectivity index (χ3n) is 4.15. The number of nitrogens with zero attached hydrogens (tertiary/aromatic N) is 1. The van der Waals surface area contributed by atoms with E-state index in [4.69, 9.17) is 4.74 Å². The molecule has 0 atom stereocenters. The summed E-state index contributed by atoms with van der Waals surface area (Å²) in [5.74, 6) is 0. The summed E-state index contributed by atoms with van der Waals surface area (Å²) in [6.07, 6.45) is 2.64. The van der Waals surface area contributed by atoms with Crippen molar-refractivity contribution in [1.29, 1.82) is 0 Å². The molecule has 0 spiro atoms. The second-order valence-corrected chi connectivity index (χ2v) is 5.57. The molecule has 1 fully saturated rings. The lowest BCUT2D eigenvalue weighted by Gasteiger charge is -2.38. The summed E-state index contributed by atoms with van der Waals surface area (Å²) in [4.78, 5) is 2.38. The predicted octanol–water partition coefficient (Wildman–Crippen LogP) is 1.59. The molecule has 2 aliphatic heterocycles. The summed E-state index contributed by atoms with van der Waals surface area (Å²) in [6, 6.07) is 8.64. The number of fused-ring (bicyclic) bond motifs is 1. The summed E-state index contributed by atoms with van der Waals surface area (Å²) >= 11 is 0. The van der Waals surface area contributed by atoms with Gasteiger partial charge in [0.25, 0.3) is 0 Å². The Morgan fingerprint density at radius 2 is 1.89 bits per heavy atom. The average Bonchev–Trinajstić information content (AvgIpc) is 2.39. The topological polar surface area (TPSA) is 32.7 Å². The summed E-state index contributed by atoms with van der Waals surface area (Å²) < 4.78 is 5.33. The first-order chi connectivity index (χ1) is 8.75. The maximum absolute atomic E-state index is 10.5. The van der Waals surface area contributed by atoms with Gasteiger partial charge in [-0.25, -0.2) is 0 Å². The first-order valence-electron chi connectivity index (χ1n) is 6.84. The molecule has 98 valence electrons. The van der Waals surface area contributed by atoms with Gasteiger partial charge in [-0.15, -0.1) is 0 Å². The van der Waals surface area contributed by atoms with Gasteiger partial charge in [-0.05, 0) is 17.5 Å². The minimum absolute atomic E-state index is 0.537. The molecule has 3 nitrogen and oxygen atoms in total. The van der Waals surface area contributed by atoms with E-state index in [1.54, 1.807) is 0 Å². The van der Waals surface area contributed by atoms with Crippen molar-refractivity contribution in [2.24, 2.45) is 0 Å². The van der Waals surface area contributed by atoms with Gasteiger partial charge >= 0.3 is 0 Å². The lowest BCUT2D eigenvalue weighted by molar-refractivity contribution is -0.0814. The van der Waals surface area contributed by atoms with Crippen molar-refractivity contribution in [3.05, 3.63) is 35.4 Å². The smallest absolute Gasteiger partial charge is 0.0818 e. The third-order valence-corrected chi connectivity index (χ3v) is 4.15. The van der Waals surface area contributed by atoms with Gasteiger partial charge in [0, 0.05) is 45.7 Å². The molecule has 2 aliphatic rings. The molecule has 0 amide bonds. The minimum atomic E-state index is -0.537. The lowest BCUT2D eigenvalue weighted by Crippen LogP contribution is -2.48. The van der Waals surface area contributed by atoms with Crippen molar-refractivity contribution in [2.45, 2.75) is 31.4 Å². The van der Waals surface area contributed by atoms with Gasteiger partial charge in [0.1, 0.15) is 0 Å². The normalized spacial score (nSPS) is 23.6. The first-order valence-corrected chi connectivity index (χ1v) is 6.84. The summed E-state index contributed by atoms with van der Waals surface area (Å²) in [6.45, 7) is 4.20. The molecule has 0 radical (unpaired) electrons. The Morgan fingerprint density at radius 3 is 2.67 bits per heavy atom. The van der Waals surface area contributed by atoms with Crippen LogP contribution in [0.4, 0.5) is 0 Å². The van der Waals surface area contributed by atoms with Crippen LogP contribution in [0.15, 0.2) is 24.3 Å². The highest BCUT2D eigenvalue weighted by Gasteiger charge is 2.32. The molecule has 3 rings (SSSR count). The van der Waals surface area contributed by atoms with Crippen LogP contribution in [0.1, 0.15) is 24.0 Å². The predicted molar refractivity (Wildman–Crippen MR) is 70.4 cm³/mol. The van der Waals surface area contributed by atoms with Crippen LogP contribution >= 0.6 is 0 Å². The second kappa shape index (κ2) is 5.00. The Kier molecular flexibility index (Phi) is 3.37. The Balaban J connectivity index is 1.65. The Morgan fingerprint density at radius 1 is 1.17 bits per heavy atom. The van der Waals surface area contributed by atoms with E-state index in [2.05, 4.69) is 29.2 Å². The molecule has 1 saturated heterocycles. The van der Waals surface area contributed by atoms with Crippen LogP contribution in [-0.2, 0) is 17.7 Å². The highest BCUT2D eigenvalue weighted by molar-refractivity contribution is 5.29. The van der Waals surface area contributed by atoms with E-state index in [-0.39, 0.29) is 0 Å². The van der Waals surface area contributed by atoms with Crippen molar-refractivity contribution in [2.75, 3.05) is 26.3 Å². The van der Waals surface area contributed by atoms with E-state index < -0.39 is 5.60 Å². The van der Waals surface area contributed by atoms with Gasteiger partial charge in [0.15, 0.2) is 0 Å². The number of hydrogen-bond acceptors (Lipinski definition) is 3. The van der Waals surface area contributed by atoms with Crippen molar-refractivity contribution in [3.8, 4) is 0 Å². The van der Waals surface area contributed by atoms with Crippen LogP contribution < -0.4 is 0 Å². The zero-order valence-electron chi connectivity index (χ0n) is 10.8. The summed E-state index contributed by atoms with van der Waals surface area (Å²) in [7, 11) is 0. The van der Waals surface area contributed by atoms with Crippen molar-refractivity contribution >= 4 is 0 Å². The van der Waals surface area contributed by atoms with Crippen LogP contribution in [0.2, 0.25) is 0 Å². The van der Waals surface area contributed by atoms with E-state index in [1.165, 1.54) is 11.1 Å². The fraction of sp³-hybridized carbons (Fsp3) is 0.600. The Hall–Kier alpha value is -0.900. The number of rotatable bonds is 2. The van der Waals surface area contributed by atoms with E-state index in [0.29, 0.717) is 13.2 Å². The van der Waals surface area contributed by atoms with Crippen LogP contribution in [0.3, 0.4) is 0 Å². The van der Waals surface area contributed by atoms with E-state index in [1.807, 2.05) is 0 Å². The number of benzene rings is 1. The summed E-state index contributed by atoms with van der Waals surface area (Å²) in [5, 5.41) is 10.5. The first kappa shape index (κ1) is 12.2. The monoisotopic (exact) mass is 247 g/mol. The number of hydrogen-bond donors (Lipinski definition) is 1. The fourth-order valence-electron chi connectivity index (χ4n) is 3.01. The Labute approximate surface area is 108 Å². The molecular formula is C15H21NO2. The molecule has 0 saturated carbocycles. The maximum atomic E-state index is 10.5. The van der Waals surface area contributed by atoms with E-state index in [0.717, 1.165) is 38.9 Å². The Bertz CT molecular complexity index is 413. The van der Waals surface area contributed by atoms with Crippen molar-refractivity contribution in [3.63, 3.8) is 0 Å². The third kappa shape index (κ3) is 2.58. The standard InChI is InChI=1S/C15H21NO2/c17-15(6-9-18-10-7-15)12-16-8-5-13-3-1-2-4-14(13)11-16/h1-4,17H,5-12H2. The fourth-order valence-corrected chi connectivity index (χ4v) is 3.01. The van der Waals surface area contributed by atoms with Crippen LogP contribution in [-0.4, -0.2) is 41.9 Å². The molecule has 3 heteroatoms. The second-order valence-electron chi connectivity index (χ2n) is 5.57. The minimum Gasteiger partial charge on any atom is -0.388 e. The van der Waals surface area contributed by atoms with Gasteiger partial charge in [0.05, 0.1) is 5.60 Å². The van der Waals surface area contributed by atoms with Gasteiger partial charge < -0.3 is 9.84 Å². The quantitative estimate of drug-likeness (QED) is 0.861. The molecule has 1 aromatic carbocycles. The molecule has 1 N–H and O–H groups in total. The molecule has 1 aromatic rings. The molecule has 0 bridgehead atoms. The van der Waals surface area contributed by atoms with Crippen LogP contribution in [0.25, 0.3) is 0 Å². The molecule has 0 aromatic heterocycles. The number of β-amino-alcohol motifs (C(OH)–C–C–N with tert-alkyl or cyclic N) is 1. The van der Waals surface area contributed by atoms with Gasteiger partial charge in [-0.1, -0.05) is 24.3 Å². The van der Waals surface area contributed by atoms with Crippen LogP contribution in [0.5, 0.6) is 0 Å². The van der Waals surface area contributed by atoms with Gasteiger partial charge in [0.2, 0.25) is 0 Å². The highest BCUT2D eigenvalue weighted by atomic mass is 16.5. The van der Waals surface area contributed by atoms with Crippen LogP contribution in [0, 0.1) is 0 Å². The van der Waals surface area contributed by atoms with E-state index >= 15 is 0 Å². The molecule has 18 heavy (non-hydrogen) atoms. The zero-order valence-corrected chi connectivity index (χ0v) is 10.8.